The molecular weight excluding hydrogens is 390 g/mol. The molecule has 7 nitrogen and oxygen atoms in total. The lowest BCUT2D eigenvalue weighted by atomic mass is 10.2. The maximum atomic E-state index is 12.8. The average molecular weight is 418 g/mol. The van der Waals surface area contributed by atoms with Crippen LogP contribution in [0.2, 0.25) is 0 Å². The molecule has 156 valence electrons. The predicted octanol–water partition coefficient (Wildman–Crippen LogP) is 1.74. The van der Waals surface area contributed by atoms with Gasteiger partial charge in [0.05, 0.1) is 17.6 Å². The maximum Gasteiger partial charge on any atom is 0.255 e. The molecule has 8 heteroatoms. The molecule has 1 aliphatic rings. The second kappa shape index (κ2) is 9.39. The molecule has 1 saturated heterocycles. The van der Waals surface area contributed by atoms with E-state index in [2.05, 4.69) is 10.2 Å². The first-order chi connectivity index (χ1) is 13.9. The predicted molar refractivity (Wildman–Crippen MR) is 112 cm³/mol. The van der Waals surface area contributed by atoms with E-state index in [1.54, 1.807) is 30.3 Å². The first-order valence-corrected chi connectivity index (χ1v) is 11.1. The standard InChI is InChI=1S/C21H27N3O4S/c1-17-7-9-18(10-8-17)29(26,27)24-15-13-23(14-16-24)12-11-22-21(25)19-5-3-4-6-20(19)28-2/h3-10H,11-16H2,1-2H3,(H,22,25). The van der Waals surface area contributed by atoms with Gasteiger partial charge in [0.2, 0.25) is 10.0 Å². The van der Waals surface area contributed by atoms with Gasteiger partial charge in [0.25, 0.3) is 5.91 Å². The zero-order chi connectivity index (χ0) is 20.9. The fourth-order valence-corrected chi connectivity index (χ4v) is 4.73. The summed E-state index contributed by atoms with van der Waals surface area (Å²) >= 11 is 0. The van der Waals surface area contributed by atoms with Gasteiger partial charge in [-0.15, -0.1) is 0 Å². The molecule has 2 aromatic carbocycles. The highest BCUT2D eigenvalue weighted by molar-refractivity contribution is 7.89. The van der Waals surface area contributed by atoms with Crippen LogP contribution in [0.4, 0.5) is 0 Å². The van der Waals surface area contributed by atoms with Gasteiger partial charge in [0.15, 0.2) is 0 Å². The molecule has 1 N–H and O–H groups in total. The Morgan fingerprint density at radius 1 is 1.03 bits per heavy atom. The molecule has 1 aliphatic heterocycles. The highest BCUT2D eigenvalue weighted by Crippen LogP contribution is 2.18. The van der Waals surface area contributed by atoms with E-state index in [0.29, 0.717) is 55.5 Å². The number of carbonyl (C=O) groups is 1. The number of carbonyl (C=O) groups excluding carboxylic acids is 1. The summed E-state index contributed by atoms with van der Waals surface area (Å²) in [4.78, 5) is 14.8. The van der Waals surface area contributed by atoms with Crippen LogP contribution in [0, 0.1) is 6.92 Å². The molecule has 29 heavy (non-hydrogen) atoms. The second-order valence-electron chi connectivity index (χ2n) is 7.01. The number of benzene rings is 2. The summed E-state index contributed by atoms with van der Waals surface area (Å²) in [6.07, 6.45) is 0. The van der Waals surface area contributed by atoms with Gasteiger partial charge in [-0.1, -0.05) is 29.8 Å². The van der Waals surface area contributed by atoms with Crippen molar-refractivity contribution < 1.29 is 17.9 Å². The van der Waals surface area contributed by atoms with Gasteiger partial charge in [-0.2, -0.15) is 4.31 Å². The van der Waals surface area contributed by atoms with E-state index in [0.717, 1.165) is 5.56 Å². The fourth-order valence-electron chi connectivity index (χ4n) is 3.31. The molecule has 0 saturated carbocycles. The van der Waals surface area contributed by atoms with Crippen LogP contribution in [0.1, 0.15) is 15.9 Å². The number of para-hydroxylation sites is 1. The second-order valence-corrected chi connectivity index (χ2v) is 8.95. The molecule has 0 aliphatic carbocycles. The van der Waals surface area contributed by atoms with Crippen molar-refractivity contribution in [1.82, 2.24) is 14.5 Å². The molecular formula is C21H27N3O4S. The quantitative estimate of drug-likeness (QED) is 0.742. The molecule has 1 heterocycles. The van der Waals surface area contributed by atoms with Gasteiger partial charge < -0.3 is 10.1 Å². The third kappa shape index (κ3) is 5.14. The van der Waals surface area contributed by atoms with Crippen LogP contribution in [-0.4, -0.2) is 69.9 Å². The van der Waals surface area contributed by atoms with Crippen LogP contribution >= 0.6 is 0 Å². The molecule has 1 amide bonds. The van der Waals surface area contributed by atoms with Crippen molar-refractivity contribution in [2.45, 2.75) is 11.8 Å². The van der Waals surface area contributed by atoms with Gasteiger partial charge in [-0.3, -0.25) is 9.69 Å². The minimum absolute atomic E-state index is 0.178. The lowest BCUT2D eigenvalue weighted by molar-refractivity contribution is 0.0942. The van der Waals surface area contributed by atoms with Crippen LogP contribution in [0.15, 0.2) is 53.4 Å². The zero-order valence-corrected chi connectivity index (χ0v) is 17.6. The Morgan fingerprint density at radius 2 is 1.69 bits per heavy atom. The highest BCUT2D eigenvalue weighted by Gasteiger charge is 2.28. The van der Waals surface area contributed by atoms with E-state index in [-0.39, 0.29) is 5.91 Å². The number of amides is 1. The summed E-state index contributed by atoms with van der Waals surface area (Å²) in [7, 11) is -1.92. The fraction of sp³-hybridized carbons (Fsp3) is 0.381. The summed E-state index contributed by atoms with van der Waals surface area (Å²) in [6.45, 7) is 5.24. The molecule has 2 aromatic rings. The van der Waals surface area contributed by atoms with Gasteiger partial charge in [-0.05, 0) is 31.2 Å². The zero-order valence-electron chi connectivity index (χ0n) is 16.8. The van der Waals surface area contributed by atoms with Crippen molar-refractivity contribution in [3.63, 3.8) is 0 Å². The number of hydrogen-bond acceptors (Lipinski definition) is 5. The topological polar surface area (TPSA) is 79.0 Å². The minimum atomic E-state index is -3.46. The highest BCUT2D eigenvalue weighted by atomic mass is 32.2. The molecule has 0 unspecified atom stereocenters. The van der Waals surface area contributed by atoms with Crippen LogP contribution in [-0.2, 0) is 10.0 Å². The van der Waals surface area contributed by atoms with Crippen molar-refractivity contribution in [3.05, 3.63) is 59.7 Å². The van der Waals surface area contributed by atoms with Crippen molar-refractivity contribution in [1.29, 1.82) is 0 Å². The number of nitrogens with zero attached hydrogens (tertiary/aromatic N) is 2. The van der Waals surface area contributed by atoms with Crippen molar-refractivity contribution in [3.8, 4) is 5.75 Å². The maximum absolute atomic E-state index is 12.8. The molecule has 0 radical (unpaired) electrons. The average Bonchev–Trinajstić information content (AvgIpc) is 2.74. The van der Waals surface area contributed by atoms with Crippen LogP contribution in [0.5, 0.6) is 5.75 Å². The van der Waals surface area contributed by atoms with Gasteiger partial charge in [0, 0.05) is 39.3 Å². The third-order valence-electron chi connectivity index (χ3n) is 5.06. The van der Waals surface area contributed by atoms with Crippen LogP contribution in [0.3, 0.4) is 0 Å². The van der Waals surface area contributed by atoms with E-state index < -0.39 is 10.0 Å². The molecule has 1 fully saturated rings. The first kappa shape index (κ1) is 21.3. The number of ether oxygens (including phenoxy) is 1. The number of nitrogens with one attached hydrogen (secondary N) is 1. The molecule has 0 bridgehead atoms. The normalized spacial score (nSPS) is 15.8. The lowest BCUT2D eigenvalue weighted by Crippen LogP contribution is -2.50. The van der Waals surface area contributed by atoms with E-state index in [1.807, 2.05) is 25.1 Å². The summed E-state index contributed by atoms with van der Waals surface area (Å²) in [5, 5.41) is 2.90. The van der Waals surface area contributed by atoms with E-state index >= 15 is 0 Å². The number of hydrogen-bond donors (Lipinski definition) is 1. The Morgan fingerprint density at radius 3 is 2.34 bits per heavy atom. The van der Waals surface area contributed by atoms with Crippen molar-refractivity contribution in [2.75, 3.05) is 46.4 Å². The van der Waals surface area contributed by atoms with E-state index in [4.69, 9.17) is 4.74 Å². The summed E-state index contributed by atoms with van der Waals surface area (Å²) in [5.41, 5.74) is 1.54. The molecule has 0 aromatic heterocycles. The molecule has 0 spiro atoms. The largest absolute Gasteiger partial charge is 0.496 e. The Kier molecular flexibility index (Phi) is 6.89. The SMILES string of the molecule is COc1ccccc1C(=O)NCCN1CCN(S(=O)(=O)c2ccc(C)cc2)CC1. The number of piperazine rings is 1. The van der Waals surface area contributed by atoms with Crippen LogP contribution < -0.4 is 10.1 Å². The number of methoxy groups -OCH3 is 1. The first-order valence-electron chi connectivity index (χ1n) is 9.62. The van der Waals surface area contributed by atoms with Crippen molar-refractivity contribution >= 4 is 15.9 Å². The minimum Gasteiger partial charge on any atom is -0.496 e. The van der Waals surface area contributed by atoms with Gasteiger partial charge in [0.1, 0.15) is 5.75 Å². The monoisotopic (exact) mass is 417 g/mol. The third-order valence-corrected chi connectivity index (χ3v) is 6.97. The summed E-state index contributed by atoms with van der Waals surface area (Å²) in [6, 6.07) is 14.0. The smallest absolute Gasteiger partial charge is 0.255 e. The summed E-state index contributed by atoms with van der Waals surface area (Å²) < 4.78 is 32.3. The lowest BCUT2D eigenvalue weighted by Gasteiger charge is -2.34. The Balaban J connectivity index is 1.47. The molecule has 3 rings (SSSR count). The number of sulfonamides is 1. The Bertz CT molecular complexity index is 937. The number of aryl methyl sites for hydroxylation is 1. The van der Waals surface area contributed by atoms with E-state index in [9.17, 15) is 13.2 Å². The summed E-state index contributed by atoms with van der Waals surface area (Å²) in [5.74, 6) is 0.364. The number of rotatable bonds is 7. The van der Waals surface area contributed by atoms with Crippen molar-refractivity contribution in [2.24, 2.45) is 0 Å². The van der Waals surface area contributed by atoms with E-state index in [1.165, 1.54) is 11.4 Å². The van der Waals surface area contributed by atoms with Gasteiger partial charge >= 0.3 is 0 Å². The molecule has 0 atom stereocenters. The van der Waals surface area contributed by atoms with Gasteiger partial charge in [-0.25, -0.2) is 8.42 Å². The van der Waals surface area contributed by atoms with Crippen LogP contribution in [0.25, 0.3) is 0 Å². The Hall–Kier alpha value is -2.42. The Labute approximate surface area is 172 Å².